The van der Waals surface area contributed by atoms with Crippen LogP contribution in [0.15, 0.2) is 45.6 Å². The number of fused-ring (bicyclic) bond motifs is 3. The Kier molecular flexibility index (Phi) is 4.36. The lowest BCUT2D eigenvalue weighted by Gasteiger charge is -2.11. The van der Waals surface area contributed by atoms with Gasteiger partial charge >= 0.3 is 5.63 Å². The van der Waals surface area contributed by atoms with E-state index in [1.165, 1.54) is 0 Å². The van der Waals surface area contributed by atoms with E-state index in [9.17, 15) is 9.59 Å². The maximum absolute atomic E-state index is 12.3. The molecule has 2 aromatic carbocycles. The van der Waals surface area contributed by atoms with Crippen LogP contribution in [-0.4, -0.2) is 38.0 Å². The first-order valence-electron chi connectivity index (χ1n) is 7.86. The van der Waals surface area contributed by atoms with Crippen LogP contribution in [-0.2, 0) is 0 Å². The van der Waals surface area contributed by atoms with Crippen molar-refractivity contribution in [1.29, 1.82) is 0 Å². The smallest absolute Gasteiger partial charge is 0.344 e. The molecule has 0 saturated heterocycles. The third kappa shape index (κ3) is 3.16. The normalized spacial score (nSPS) is 11.3. The molecule has 0 spiro atoms. The van der Waals surface area contributed by atoms with E-state index in [-0.39, 0.29) is 5.91 Å². The van der Waals surface area contributed by atoms with Crippen molar-refractivity contribution in [3.8, 4) is 0 Å². The van der Waals surface area contributed by atoms with E-state index >= 15 is 0 Å². The van der Waals surface area contributed by atoms with E-state index in [4.69, 9.17) is 4.42 Å². The quantitative estimate of drug-likeness (QED) is 0.592. The van der Waals surface area contributed by atoms with Crippen LogP contribution < -0.4 is 10.9 Å². The van der Waals surface area contributed by atoms with Gasteiger partial charge in [-0.1, -0.05) is 18.2 Å². The fourth-order valence-electron chi connectivity index (χ4n) is 2.68. The van der Waals surface area contributed by atoms with Gasteiger partial charge in [0.15, 0.2) is 0 Å². The second-order valence-electron chi connectivity index (χ2n) is 6.21. The minimum Gasteiger partial charge on any atom is -0.422 e. The molecule has 1 heterocycles. The molecule has 0 aliphatic heterocycles. The standard InChI is InChI=1S/C19H20N2O3/c1-12-4-6-15-14-7-5-13(18(22)20-8-9-21(2)3)11-16(14)19(23)24-17(15)10-12/h4-7,10-11H,8-9H2,1-3H3,(H,20,22). The third-order valence-electron chi connectivity index (χ3n) is 3.98. The van der Waals surface area contributed by atoms with Crippen LogP contribution in [0, 0.1) is 6.92 Å². The summed E-state index contributed by atoms with van der Waals surface area (Å²) < 4.78 is 5.41. The monoisotopic (exact) mass is 324 g/mol. The van der Waals surface area contributed by atoms with Gasteiger partial charge in [-0.15, -0.1) is 0 Å². The van der Waals surface area contributed by atoms with Crippen molar-refractivity contribution in [3.63, 3.8) is 0 Å². The predicted octanol–water partition coefficient (Wildman–Crippen LogP) is 2.55. The summed E-state index contributed by atoms with van der Waals surface area (Å²) in [6.45, 7) is 3.26. The molecule has 0 radical (unpaired) electrons. The summed E-state index contributed by atoms with van der Waals surface area (Å²) in [5.41, 5.74) is 1.63. The van der Waals surface area contributed by atoms with Crippen molar-refractivity contribution in [2.24, 2.45) is 0 Å². The van der Waals surface area contributed by atoms with Crippen molar-refractivity contribution in [2.45, 2.75) is 6.92 Å². The lowest BCUT2D eigenvalue weighted by molar-refractivity contribution is 0.0951. The molecule has 0 unspecified atom stereocenters. The van der Waals surface area contributed by atoms with Crippen LogP contribution in [0.25, 0.3) is 21.7 Å². The molecule has 124 valence electrons. The minimum atomic E-state index is -0.425. The Balaban J connectivity index is 2.01. The zero-order valence-electron chi connectivity index (χ0n) is 14.1. The molecule has 0 fully saturated rings. The summed E-state index contributed by atoms with van der Waals surface area (Å²) in [5, 5.41) is 4.94. The number of nitrogens with zero attached hydrogens (tertiary/aromatic N) is 1. The number of hydrogen-bond acceptors (Lipinski definition) is 4. The van der Waals surface area contributed by atoms with E-state index in [0.717, 1.165) is 22.9 Å². The predicted molar refractivity (Wildman–Crippen MR) is 95.6 cm³/mol. The van der Waals surface area contributed by atoms with Gasteiger partial charge in [0.25, 0.3) is 5.91 Å². The van der Waals surface area contributed by atoms with Gasteiger partial charge in [0.2, 0.25) is 0 Å². The number of amides is 1. The Morgan fingerprint density at radius 2 is 1.83 bits per heavy atom. The Hall–Kier alpha value is -2.66. The fourth-order valence-corrected chi connectivity index (χ4v) is 2.68. The van der Waals surface area contributed by atoms with Crippen LogP contribution in [0.1, 0.15) is 15.9 Å². The molecule has 0 bridgehead atoms. The molecule has 3 rings (SSSR count). The first-order chi connectivity index (χ1) is 11.5. The zero-order valence-corrected chi connectivity index (χ0v) is 14.1. The van der Waals surface area contributed by atoms with Gasteiger partial charge in [-0.3, -0.25) is 4.79 Å². The number of hydrogen-bond donors (Lipinski definition) is 1. The van der Waals surface area contributed by atoms with Gasteiger partial charge in [0.05, 0.1) is 5.39 Å². The second kappa shape index (κ2) is 6.45. The summed E-state index contributed by atoms with van der Waals surface area (Å²) in [6, 6.07) is 10.9. The Morgan fingerprint density at radius 1 is 1.08 bits per heavy atom. The minimum absolute atomic E-state index is 0.192. The van der Waals surface area contributed by atoms with Crippen LogP contribution in [0.2, 0.25) is 0 Å². The molecule has 5 nitrogen and oxygen atoms in total. The van der Waals surface area contributed by atoms with E-state index in [0.29, 0.717) is 23.1 Å². The summed E-state index contributed by atoms with van der Waals surface area (Å²) in [7, 11) is 3.89. The molecule has 0 aliphatic carbocycles. The van der Waals surface area contributed by atoms with Crippen molar-refractivity contribution < 1.29 is 9.21 Å². The number of carbonyl (C=O) groups excluding carboxylic acids is 1. The summed E-state index contributed by atoms with van der Waals surface area (Å²) in [6.07, 6.45) is 0. The molecule has 1 aromatic heterocycles. The number of aryl methyl sites for hydroxylation is 1. The number of benzene rings is 2. The lowest BCUT2D eigenvalue weighted by Crippen LogP contribution is -2.31. The van der Waals surface area contributed by atoms with Gasteiger partial charge in [0.1, 0.15) is 5.58 Å². The Labute approximate surface area is 139 Å². The Bertz CT molecular complexity index is 973. The van der Waals surface area contributed by atoms with Crippen molar-refractivity contribution >= 4 is 27.6 Å². The van der Waals surface area contributed by atoms with Crippen LogP contribution in [0.3, 0.4) is 0 Å². The van der Waals surface area contributed by atoms with Crippen molar-refractivity contribution in [2.75, 3.05) is 27.2 Å². The average molecular weight is 324 g/mol. The van der Waals surface area contributed by atoms with Crippen LogP contribution in [0.4, 0.5) is 0 Å². The highest BCUT2D eigenvalue weighted by molar-refractivity contribution is 6.07. The maximum atomic E-state index is 12.3. The van der Waals surface area contributed by atoms with Gasteiger partial charge in [-0.25, -0.2) is 4.79 Å². The molecule has 0 aliphatic rings. The number of likely N-dealkylation sites (N-methyl/N-ethyl adjacent to an activating group) is 1. The first-order valence-corrected chi connectivity index (χ1v) is 7.86. The van der Waals surface area contributed by atoms with Crippen molar-refractivity contribution in [1.82, 2.24) is 10.2 Å². The van der Waals surface area contributed by atoms with Gasteiger partial charge < -0.3 is 14.6 Å². The number of nitrogens with one attached hydrogen (secondary N) is 1. The number of carbonyl (C=O) groups is 1. The highest BCUT2D eigenvalue weighted by Crippen LogP contribution is 2.24. The van der Waals surface area contributed by atoms with E-state index in [1.807, 2.05) is 50.2 Å². The first kappa shape index (κ1) is 16.2. The van der Waals surface area contributed by atoms with Gasteiger partial charge in [-0.05, 0) is 50.2 Å². The number of rotatable bonds is 4. The zero-order chi connectivity index (χ0) is 17.3. The van der Waals surface area contributed by atoms with E-state index < -0.39 is 5.63 Å². The highest BCUT2D eigenvalue weighted by Gasteiger charge is 2.11. The van der Waals surface area contributed by atoms with Crippen molar-refractivity contribution in [3.05, 3.63) is 57.9 Å². The largest absolute Gasteiger partial charge is 0.422 e. The summed E-state index contributed by atoms with van der Waals surface area (Å²) in [4.78, 5) is 26.5. The molecule has 1 N–H and O–H groups in total. The van der Waals surface area contributed by atoms with Gasteiger partial charge in [-0.2, -0.15) is 0 Å². The maximum Gasteiger partial charge on any atom is 0.344 e. The SMILES string of the molecule is Cc1ccc2c(c1)oc(=O)c1cc(C(=O)NCCN(C)C)ccc12. The molecule has 5 heteroatoms. The van der Waals surface area contributed by atoms with E-state index in [2.05, 4.69) is 5.32 Å². The highest BCUT2D eigenvalue weighted by atomic mass is 16.4. The van der Waals surface area contributed by atoms with E-state index in [1.54, 1.807) is 12.1 Å². The summed E-state index contributed by atoms with van der Waals surface area (Å²) in [5.74, 6) is -0.192. The fraction of sp³-hybridized carbons (Fsp3) is 0.263. The molecule has 24 heavy (non-hydrogen) atoms. The molecular formula is C19H20N2O3. The molecule has 0 saturated carbocycles. The summed E-state index contributed by atoms with van der Waals surface area (Å²) >= 11 is 0. The lowest BCUT2D eigenvalue weighted by atomic mass is 10.0. The molecular weight excluding hydrogens is 304 g/mol. The Morgan fingerprint density at radius 3 is 2.58 bits per heavy atom. The van der Waals surface area contributed by atoms with Gasteiger partial charge in [0, 0.05) is 24.0 Å². The molecule has 3 aromatic rings. The molecule has 0 atom stereocenters. The third-order valence-corrected chi connectivity index (χ3v) is 3.98. The topological polar surface area (TPSA) is 62.6 Å². The average Bonchev–Trinajstić information content (AvgIpc) is 2.54. The van der Waals surface area contributed by atoms with Crippen LogP contribution >= 0.6 is 0 Å². The second-order valence-corrected chi connectivity index (χ2v) is 6.21. The van der Waals surface area contributed by atoms with Crippen LogP contribution in [0.5, 0.6) is 0 Å². The molecule has 1 amide bonds.